The number of ether oxygens (including phenoxy) is 1. The number of halogens is 3. The summed E-state index contributed by atoms with van der Waals surface area (Å²) in [6.45, 7) is 3.88. The third-order valence-electron chi connectivity index (χ3n) is 6.33. The summed E-state index contributed by atoms with van der Waals surface area (Å²) < 4.78 is 47.3. The molecule has 3 aliphatic heterocycles. The number of nitrogens with one attached hydrogen (secondary N) is 1. The first-order chi connectivity index (χ1) is 13.5. The SMILES string of the molecule is CN(CCCC1=C2C[C@H](c3c(F)ccc(F)c3F)CN2CN1)C1CCOCC1. The number of benzene rings is 1. The zero-order chi connectivity index (χ0) is 19.7. The van der Waals surface area contributed by atoms with Gasteiger partial charge in [-0.3, -0.25) is 0 Å². The maximum Gasteiger partial charge on any atom is 0.165 e. The van der Waals surface area contributed by atoms with Crippen LogP contribution in [0.25, 0.3) is 0 Å². The first-order valence-corrected chi connectivity index (χ1v) is 10.2. The van der Waals surface area contributed by atoms with Gasteiger partial charge in [0.2, 0.25) is 0 Å². The average molecular weight is 395 g/mol. The Balaban J connectivity index is 1.37. The molecule has 154 valence electrons. The molecule has 4 nitrogen and oxygen atoms in total. The molecule has 0 radical (unpaired) electrons. The Hall–Kier alpha value is -1.73. The molecule has 3 heterocycles. The molecule has 0 unspecified atom stereocenters. The van der Waals surface area contributed by atoms with Crippen LogP contribution in [0, 0.1) is 17.5 Å². The highest BCUT2D eigenvalue weighted by Crippen LogP contribution is 2.40. The molecule has 0 saturated carbocycles. The Morgan fingerprint density at radius 2 is 1.93 bits per heavy atom. The molecular formula is C21H28F3N3O. The van der Waals surface area contributed by atoms with Crippen LogP contribution in [0.3, 0.4) is 0 Å². The lowest BCUT2D eigenvalue weighted by atomic mass is 9.95. The summed E-state index contributed by atoms with van der Waals surface area (Å²) >= 11 is 0. The molecular weight excluding hydrogens is 367 g/mol. The lowest BCUT2D eigenvalue weighted by Crippen LogP contribution is -2.37. The summed E-state index contributed by atoms with van der Waals surface area (Å²) in [6.07, 6.45) is 4.67. The highest BCUT2D eigenvalue weighted by Gasteiger charge is 2.36. The van der Waals surface area contributed by atoms with Crippen molar-refractivity contribution in [3.8, 4) is 0 Å². The van der Waals surface area contributed by atoms with Gasteiger partial charge in [0.25, 0.3) is 0 Å². The molecule has 1 N–H and O–H groups in total. The highest BCUT2D eigenvalue weighted by atomic mass is 19.2. The maximum atomic E-state index is 14.2. The van der Waals surface area contributed by atoms with Crippen LogP contribution in [0.1, 0.15) is 43.6 Å². The number of fused-ring (bicyclic) bond motifs is 1. The van der Waals surface area contributed by atoms with E-state index in [0.717, 1.165) is 63.3 Å². The topological polar surface area (TPSA) is 27.7 Å². The van der Waals surface area contributed by atoms with Gasteiger partial charge in [-0.1, -0.05) is 0 Å². The van der Waals surface area contributed by atoms with Gasteiger partial charge in [-0.15, -0.1) is 0 Å². The Morgan fingerprint density at radius 1 is 1.18 bits per heavy atom. The van der Waals surface area contributed by atoms with Gasteiger partial charge >= 0.3 is 0 Å². The van der Waals surface area contributed by atoms with Gasteiger partial charge in [-0.25, -0.2) is 13.2 Å². The fourth-order valence-corrected chi connectivity index (χ4v) is 4.73. The maximum absolute atomic E-state index is 14.2. The van der Waals surface area contributed by atoms with Crippen molar-refractivity contribution in [3.05, 3.63) is 46.5 Å². The number of rotatable bonds is 6. The molecule has 28 heavy (non-hydrogen) atoms. The largest absolute Gasteiger partial charge is 0.381 e. The second kappa shape index (κ2) is 8.33. The molecule has 4 rings (SSSR count). The smallest absolute Gasteiger partial charge is 0.165 e. The van der Waals surface area contributed by atoms with Gasteiger partial charge in [0.05, 0.1) is 6.67 Å². The summed E-state index contributed by atoms with van der Waals surface area (Å²) in [4.78, 5) is 4.54. The van der Waals surface area contributed by atoms with Crippen molar-refractivity contribution >= 4 is 0 Å². The Labute approximate surface area is 164 Å². The van der Waals surface area contributed by atoms with Crippen molar-refractivity contribution in [2.75, 3.05) is 40.0 Å². The van der Waals surface area contributed by atoms with Crippen LogP contribution in [0.4, 0.5) is 13.2 Å². The minimum Gasteiger partial charge on any atom is -0.381 e. The minimum absolute atomic E-state index is 0.111. The van der Waals surface area contributed by atoms with Crippen molar-refractivity contribution in [2.24, 2.45) is 0 Å². The molecule has 7 heteroatoms. The summed E-state index contributed by atoms with van der Waals surface area (Å²) in [6, 6.07) is 2.47. The zero-order valence-electron chi connectivity index (χ0n) is 16.3. The monoisotopic (exact) mass is 395 g/mol. The standard InChI is InChI=1S/C21H28F3N3O/c1-26(15-6-9-28-10-7-15)8-2-3-18-19-11-14(12-27(19)13-25-18)20-16(22)4-5-17(23)21(20)24/h4-5,14-15,25H,2-3,6-13H2,1H3/t14-/m0/s1. The summed E-state index contributed by atoms with van der Waals surface area (Å²) in [5.74, 6) is -3.02. The minimum atomic E-state index is -1.04. The van der Waals surface area contributed by atoms with Crippen LogP contribution < -0.4 is 5.32 Å². The normalized spacial score (nSPS) is 22.9. The van der Waals surface area contributed by atoms with E-state index in [1.807, 2.05) is 0 Å². The Morgan fingerprint density at radius 3 is 2.71 bits per heavy atom. The van der Waals surface area contributed by atoms with Crippen LogP contribution in [0.2, 0.25) is 0 Å². The molecule has 0 aromatic heterocycles. The van der Waals surface area contributed by atoms with E-state index < -0.39 is 17.5 Å². The first kappa shape index (κ1) is 19.6. The van der Waals surface area contributed by atoms with Gasteiger partial charge in [0.1, 0.15) is 5.82 Å². The molecule has 0 aliphatic carbocycles. The Kier molecular flexibility index (Phi) is 5.83. The predicted molar refractivity (Wildman–Crippen MR) is 101 cm³/mol. The summed E-state index contributed by atoms with van der Waals surface area (Å²) in [5, 5.41) is 3.43. The van der Waals surface area contributed by atoms with Crippen LogP contribution >= 0.6 is 0 Å². The van der Waals surface area contributed by atoms with E-state index in [9.17, 15) is 13.2 Å². The van der Waals surface area contributed by atoms with Crippen molar-refractivity contribution in [1.29, 1.82) is 0 Å². The quantitative estimate of drug-likeness (QED) is 0.746. The van der Waals surface area contributed by atoms with E-state index >= 15 is 0 Å². The molecule has 2 fully saturated rings. The van der Waals surface area contributed by atoms with E-state index in [0.29, 0.717) is 25.7 Å². The fourth-order valence-electron chi connectivity index (χ4n) is 4.73. The van der Waals surface area contributed by atoms with Crippen molar-refractivity contribution < 1.29 is 17.9 Å². The van der Waals surface area contributed by atoms with E-state index in [1.54, 1.807) is 0 Å². The van der Waals surface area contributed by atoms with Gasteiger partial charge in [-0.2, -0.15) is 0 Å². The molecule has 0 amide bonds. The van der Waals surface area contributed by atoms with E-state index in [-0.39, 0.29) is 11.5 Å². The molecule has 1 aromatic carbocycles. The van der Waals surface area contributed by atoms with Gasteiger partial charge in [-0.05, 0) is 57.8 Å². The van der Waals surface area contributed by atoms with Crippen molar-refractivity contribution in [2.45, 2.75) is 44.1 Å². The van der Waals surface area contributed by atoms with Crippen LogP contribution in [0.5, 0.6) is 0 Å². The molecule has 0 spiro atoms. The first-order valence-electron chi connectivity index (χ1n) is 10.2. The lowest BCUT2D eigenvalue weighted by molar-refractivity contribution is 0.0428. The van der Waals surface area contributed by atoms with E-state index in [4.69, 9.17) is 4.74 Å². The third kappa shape index (κ3) is 3.87. The molecule has 1 atom stereocenters. The van der Waals surface area contributed by atoms with Crippen molar-refractivity contribution in [3.63, 3.8) is 0 Å². The van der Waals surface area contributed by atoms with Gasteiger partial charge < -0.3 is 19.9 Å². The number of nitrogens with zero attached hydrogens (tertiary/aromatic N) is 2. The zero-order valence-corrected chi connectivity index (χ0v) is 16.3. The molecule has 2 saturated heterocycles. The van der Waals surface area contributed by atoms with Crippen molar-refractivity contribution in [1.82, 2.24) is 15.1 Å². The fraction of sp³-hybridized carbons (Fsp3) is 0.619. The highest BCUT2D eigenvalue weighted by molar-refractivity contribution is 5.32. The molecule has 1 aromatic rings. The number of allylic oxidation sites excluding steroid dienone is 2. The number of hydrogen-bond donors (Lipinski definition) is 1. The molecule has 3 aliphatic rings. The van der Waals surface area contributed by atoms with Gasteiger partial charge in [0.15, 0.2) is 11.6 Å². The van der Waals surface area contributed by atoms with Gasteiger partial charge in [0, 0.05) is 48.7 Å². The predicted octanol–water partition coefficient (Wildman–Crippen LogP) is 3.56. The summed E-state index contributed by atoms with van der Waals surface area (Å²) in [7, 11) is 2.17. The van der Waals surface area contributed by atoms with Crippen LogP contribution in [-0.2, 0) is 4.74 Å². The van der Waals surface area contributed by atoms with Crippen LogP contribution in [0.15, 0.2) is 23.5 Å². The lowest BCUT2D eigenvalue weighted by Gasteiger charge is -2.31. The second-order valence-electron chi connectivity index (χ2n) is 8.07. The molecule has 0 bridgehead atoms. The summed E-state index contributed by atoms with van der Waals surface area (Å²) in [5.41, 5.74) is 2.18. The average Bonchev–Trinajstić information content (AvgIpc) is 3.27. The second-order valence-corrected chi connectivity index (χ2v) is 8.07. The van der Waals surface area contributed by atoms with Crippen LogP contribution in [-0.4, -0.2) is 55.9 Å². The number of hydrogen-bond acceptors (Lipinski definition) is 4. The van der Waals surface area contributed by atoms with E-state index in [2.05, 4.69) is 22.2 Å². The third-order valence-corrected chi connectivity index (χ3v) is 6.33. The van der Waals surface area contributed by atoms with E-state index in [1.165, 1.54) is 5.70 Å². The Bertz CT molecular complexity index is 749.